The number of ether oxygens (including phenoxy) is 4. The Morgan fingerprint density at radius 2 is 1.74 bits per heavy atom. The molecule has 27 heavy (non-hydrogen) atoms. The molecule has 2 aromatic rings. The number of benzene rings is 2. The number of rotatable bonds is 8. The second kappa shape index (κ2) is 9.62. The van der Waals surface area contributed by atoms with Gasteiger partial charge >= 0.3 is 5.97 Å². The molecule has 0 aliphatic rings. The van der Waals surface area contributed by atoms with E-state index < -0.39 is 11.8 Å². The van der Waals surface area contributed by atoms with Crippen molar-refractivity contribution in [3.05, 3.63) is 59.4 Å². The number of esters is 1. The zero-order valence-corrected chi connectivity index (χ0v) is 15.8. The minimum atomic E-state index is -0.535. The Labute approximate surface area is 158 Å². The molecule has 0 aromatic heterocycles. The first-order chi connectivity index (χ1) is 12.9. The molecule has 0 aliphatic heterocycles. The van der Waals surface area contributed by atoms with Gasteiger partial charge in [-0.15, -0.1) is 0 Å². The number of carbonyl (C=O) groups is 1. The molecule has 0 radical (unpaired) electrons. The SMILES string of the molecule is COc1ccc(COC(=O)/C=C/c2ccc(OC(C)C)c(OC)c2)cc1F. The summed E-state index contributed by atoms with van der Waals surface area (Å²) in [6.07, 6.45) is 2.94. The van der Waals surface area contributed by atoms with E-state index in [1.54, 1.807) is 31.4 Å². The predicted octanol–water partition coefficient (Wildman–Crippen LogP) is 4.39. The van der Waals surface area contributed by atoms with E-state index in [-0.39, 0.29) is 18.5 Å². The van der Waals surface area contributed by atoms with Crippen molar-refractivity contribution in [2.45, 2.75) is 26.6 Å². The molecular weight excluding hydrogens is 351 g/mol. The number of halogens is 1. The molecule has 0 unspecified atom stereocenters. The number of hydrogen-bond acceptors (Lipinski definition) is 5. The van der Waals surface area contributed by atoms with Gasteiger partial charge in [0.15, 0.2) is 23.1 Å². The van der Waals surface area contributed by atoms with Crippen LogP contribution in [-0.2, 0) is 16.1 Å². The largest absolute Gasteiger partial charge is 0.494 e. The van der Waals surface area contributed by atoms with Crippen LogP contribution in [0.1, 0.15) is 25.0 Å². The van der Waals surface area contributed by atoms with Crippen molar-refractivity contribution in [1.29, 1.82) is 0 Å². The molecule has 6 heteroatoms. The van der Waals surface area contributed by atoms with Crippen LogP contribution in [0.25, 0.3) is 6.08 Å². The van der Waals surface area contributed by atoms with Gasteiger partial charge in [0, 0.05) is 6.08 Å². The van der Waals surface area contributed by atoms with Crippen molar-refractivity contribution in [3.8, 4) is 17.2 Å². The summed E-state index contributed by atoms with van der Waals surface area (Å²) in [5, 5.41) is 0. The molecule has 0 N–H and O–H groups in total. The van der Waals surface area contributed by atoms with Crippen molar-refractivity contribution >= 4 is 12.0 Å². The molecule has 0 spiro atoms. The van der Waals surface area contributed by atoms with E-state index in [0.717, 1.165) is 5.56 Å². The predicted molar refractivity (Wildman–Crippen MR) is 101 cm³/mol. The fourth-order valence-electron chi connectivity index (χ4n) is 2.31. The molecule has 0 bridgehead atoms. The van der Waals surface area contributed by atoms with E-state index in [0.29, 0.717) is 17.1 Å². The molecule has 0 aliphatic carbocycles. The third-order valence-corrected chi connectivity index (χ3v) is 3.56. The second-order valence-corrected chi connectivity index (χ2v) is 5.99. The number of hydrogen-bond donors (Lipinski definition) is 0. The van der Waals surface area contributed by atoms with Crippen LogP contribution < -0.4 is 14.2 Å². The van der Waals surface area contributed by atoms with Crippen molar-refractivity contribution in [2.24, 2.45) is 0 Å². The van der Waals surface area contributed by atoms with Gasteiger partial charge in [-0.25, -0.2) is 9.18 Å². The van der Waals surface area contributed by atoms with Crippen molar-refractivity contribution in [2.75, 3.05) is 14.2 Å². The highest BCUT2D eigenvalue weighted by atomic mass is 19.1. The quantitative estimate of drug-likeness (QED) is 0.507. The Bertz CT molecular complexity index is 814. The van der Waals surface area contributed by atoms with E-state index in [9.17, 15) is 9.18 Å². The van der Waals surface area contributed by atoms with Gasteiger partial charge in [0.2, 0.25) is 0 Å². The molecule has 0 amide bonds. The first kappa shape index (κ1) is 20.3. The summed E-state index contributed by atoms with van der Waals surface area (Å²) in [5.41, 5.74) is 1.29. The Morgan fingerprint density at radius 3 is 2.37 bits per heavy atom. The maximum atomic E-state index is 13.6. The van der Waals surface area contributed by atoms with E-state index in [4.69, 9.17) is 18.9 Å². The molecule has 0 fully saturated rings. The fraction of sp³-hybridized carbons (Fsp3) is 0.286. The first-order valence-electron chi connectivity index (χ1n) is 8.45. The van der Waals surface area contributed by atoms with E-state index in [1.165, 1.54) is 25.3 Å². The third-order valence-electron chi connectivity index (χ3n) is 3.56. The Hall–Kier alpha value is -3.02. The summed E-state index contributed by atoms with van der Waals surface area (Å²) >= 11 is 0. The summed E-state index contributed by atoms with van der Waals surface area (Å²) in [6.45, 7) is 3.82. The zero-order valence-electron chi connectivity index (χ0n) is 15.8. The highest BCUT2D eigenvalue weighted by Gasteiger charge is 2.08. The summed E-state index contributed by atoms with van der Waals surface area (Å²) < 4.78 is 34.6. The Morgan fingerprint density at radius 1 is 1.04 bits per heavy atom. The van der Waals surface area contributed by atoms with Crippen LogP contribution in [-0.4, -0.2) is 26.3 Å². The lowest BCUT2D eigenvalue weighted by Crippen LogP contribution is -2.06. The maximum Gasteiger partial charge on any atom is 0.331 e. The molecule has 144 valence electrons. The van der Waals surface area contributed by atoms with E-state index >= 15 is 0 Å². The highest BCUT2D eigenvalue weighted by molar-refractivity contribution is 5.87. The molecule has 2 aromatic carbocycles. The average Bonchev–Trinajstić information content (AvgIpc) is 2.65. The number of carbonyl (C=O) groups excluding carboxylic acids is 1. The van der Waals surface area contributed by atoms with Crippen LogP contribution in [0.3, 0.4) is 0 Å². The van der Waals surface area contributed by atoms with Gasteiger partial charge in [-0.3, -0.25) is 0 Å². The van der Waals surface area contributed by atoms with Gasteiger partial charge in [0.1, 0.15) is 6.61 Å². The lowest BCUT2D eigenvalue weighted by atomic mass is 10.2. The minimum absolute atomic E-state index is 0.0260. The Balaban J connectivity index is 1.97. The smallest absolute Gasteiger partial charge is 0.331 e. The van der Waals surface area contributed by atoms with Gasteiger partial charge in [0.05, 0.1) is 20.3 Å². The second-order valence-electron chi connectivity index (χ2n) is 5.99. The average molecular weight is 374 g/mol. The minimum Gasteiger partial charge on any atom is -0.494 e. The van der Waals surface area contributed by atoms with Crippen molar-refractivity contribution in [1.82, 2.24) is 0 Å². The first-order valence-corrected chi connectivity index (χ1v) is 8.45. The molecular formula is C21H23FO5. The van der Waals surface area contributed by atoms with Crippen molar-refractivity contribution < 1.29 is 28.1 Å². The van der Waals surface area contributed by atoms with Gasteiger partial charge in [0.25, 0.3) is 0 Å². The van der Waals surface area contributed by atoms with Crippen LogP contribution in [0.15, 0.2) is 42.5 Å². The molecule has 5 nitrogen and oxygen atoms in total. The monoisotopic (exact) mass is 374 g/mol. The fourth-order valence-corrected chi connectivity index (χ4v) is 2.31. The van der Waals surface area contributed by atoms with Crippen LogP contribution in [0.5, 0.6) is 17.2 Å². The Kier molecular flexibility index (Phi) is 7.23. The molecule has 0 saturated carbocycles. The van der Waals surface area contributed by atoms with Gasteiger partial charge in [-0.05, 0) is 55.3 Å². The lowest BCUT2D eigenvalue weighted by molar-refractivity contribution is -0.138. The van der Waals surface area contributed by atoms with Crippen LogP contribution in [0, 0.1) is 5.82 Å². The molecule has 2 rings (SSSR count). The summed E-state index contributed by atoms with van der Waals surface area (Å²) in [5.74, 6) is 0.315. The highest BCUT2D eigenvalue weighted by Crippen LogP contribution is 2.29. The van der Waals surface area contributed by atoms with E-state index in [1.807, 2.05) is 19.9 Å². The summed E-state index contributed by atoms with van der Waals surface area (Å²) in [4.78, 5) is 11.9. The summed E-state index contributed by atoms with van der Waals surface area (Å²) in [6, 6.07) is 9.75. The van der Waals surface area contributed by atoms with Crippen LogP contribution >= 0.6 is 0 Å². The summed E-state index contributed by atoms with van der Waals surface area (Å²) in [7, 11) is 2.94. The third kappa shape index (κ3) is 6.02. The van der Waals surface area contributed by atoms with Crippen LogP contribution in [0.4, 0.5) is 4.39 Å². The topological polar surface area (TPSA) is 54.0 Å². The van der Waals surface area contributed by atoms with E-state index in [2.05, 4.69) is 0 Å². The zero-order chi connectivity index (χ0) is 19.8. The number of methoxy groups -OCH3 is 2. The molecule has 0 saturated heterocycles. The van der Waals surface area contributed by atoms with Gasteiger partial charge in [-0.2, -0.15) is 0 Å². The molecule has 0 heterocycles. The van der Waals surface area contributed by atoms with Crippen LogP contribution in [0.2, 0.25) is 0 Å². The standard InChI is InChI=1S/C21H23FO5/c1-14(2)27-19-9-5-15(12-20(19)25-4)7-10-21(23)26-13-16-6-8-18(24-3)17(22)11-16/h5-12,14H,13H2,1-4H3/b10-7+. The normalized spacial score (nSPS) is 10.9. The maximum absolute atomic E-state index is 13.6. The van der Waals surface area contributed by atoms with Gasteiger partial charge in [-0.1, -0.05) is 12.1 Å². The van der Waals surface area contributed by atoms with Crippen molar-refractivity contribution in [3.63, 3.8) is 0 Å². The van der Waals surface area contributed by atoms with Gasteiger partial charge < -0.3 is 18.9 Å². The lowest BCUT2D eigenvalue weighted by Gasteiger charge is -2.13. The molecule has 0 atom stereocenters.